The van der Waals surface area contributed by atoms with Crippen LogP contribution in [0.2, 0.25) is 0 Å². The Morgan fingerprint density at radius 3 is 2.31 bits per heavy atom. The van der Waals surface area contributed by atoms with Gasteiger partial charge in [0.05, 0.1) is 6.61 Å². The summed E-state index contributed by atoms with van der Waals surface area (Å²) in [6.07, 6.45) is 0. The third kappa shape index (κ3) is 2.77. The normalized spacial score (nSPS) is 13.1. The molecule has 90 valence electrons. The average Bonchev–Trinajstić information content (AvgIpc) is 2.25. The number of nitrogens with zero attached hydrogens (tertiary/aromatic N) is 1. The first kappa shape index (κ1) is 13.1. The lowest BCUT2D eigenvalue weighted by Crippen LogP contribution is -2.30. The van der Waals surface area contributed by atoms with Gasteiger partial charge in [-0.2, -0.15) is 0 Å². The lowest BCUT2D eigenvalue weighted by Gasteiger charge is -2.27. The number of likely N-dealkylation sites (N-methyl/N-ethyl adjacent to an activating group) is 1. The van der Waals surface area contributed by atoms with Crippen molar-refractivity contribution in [1.29, 1.82) is 0 Å². The topological polar surface area (TPSA) is 23.5 Å². The minimum absolute atomic E-state index is 0.0196. The van der Waals surface area contributed by atoms with E-state index in [1.807, 2.05) is 11.8 Å². The highest BCUT2D eigenvalue weighted by molar-refractivity contribution is 5.22. The van der Waals surface area contributed by atoms with Gasteiger partial charge in [0.25, 0.3) is 0 Å². The zero-order valence-corrected chi connectivity index (χ0v) is 9.58. The van der Waals surface area contributed by atoms with E-state index >= 15 is 0 Å². The first-order valence-electron chi connectivity index (χ1n) is 5.40. The molecule has 1 aromatic carbocycles. The third-order valence-corrected chi connectivity index (χ3v) is 2.76. The van der Waals surface area contributed by atoms with Gasteiger partial charge in [-0.15, -0.1) is 0 Å². The molecule has 0 fully saturated rings. The van der Waals surface area contributed by atoms with Crippen molar-refractivity contribution >= 4 is 0 Å². The van der Waals surface area contributed by atoms with E-state index in [4.69, 9.17) is 5.11 Å². The first-order chi connectivity index (χ1) is 7.61. The molecule has 0 radical (unpaired) electrons. The SMILES string of the molecule is CCN(CCO)C(C)c1c(F)cccc1F. The molecule has 1 N–H and O–H groups in total. The highest BCUT2D eigenvalue weighted by atomic mass is 19.1. The maximum atomic E-state index is 13.5. The molecule has 0 amide bonds. The quantitative estimate of drug-likeness (QED) is 0.837. The molecule has 0 aliphatic rings. The molecule has 0 spiro atoms. The van der Waals surface area contributed by atoms with Crippen molar-refractivity contribution in [2.24, 2.45) is 0 Å². The highest BCUT2D eigenvalue weighted by Gasteiger charge is 2.20. The van der Waals surface area contributed by atoms with Crippen LogP contribution >= 0.6 is 0 Å². The molecular formula is C12H17F2NO. The second-order valence-corrected chi connectivity index (χ2v) is 3.66. The summed E-state index contributed by atoms with van der Waals surface area (Å²) in [7, 11) is 0. The first-order valence-corrected chi connectivity index (χ1v) is 5.40. The Bertz CT molecular complexity index is 324. The van der Waals surface area contributed by atoms with Gasteiger partial charge in [-0.25, -0.2) is 8.78 Å². The summed E-state index contributed by atoms with van der Waals surface area (Å²) in [5.41, 5.74) is 0.0674. The highest BCUT2D eigenvalue weighted by Crippen LogP contribution is 2.25. The number of aliphatic hydroxyl groups excluding tert-OH is 1. The Morgan fingerprint density at radius 1 is 1.31 bits per heavy atom. The van der Waals surface area contributed by atoms with E-state index in [1.165, 1.54) is 18.2 Å². The van der Waals surface area contributed by atoms with Crippen LogP contribution < -0.4 is 0 Å². The Kier molecular flexibility index (Phi) is 4.83. The van der Waals surface area contributed by atoms with E-state index in [9.17, 15) is 8.78 Å². The molecule has 0 heterocycles. The van der Waals surface area contributed by atoms with Crippen LogP contribution in [-0.2, 0) is 0 Å². The lowest BCUT2D eigenvalue weighted by molar-refractivity contribution is 0.161. The molecule has 1 aromatic rings. The maximum Gasteiger partial charge on any atom is 0.130 e. The minimum atomic E-state index is -0.538. The van der Waals surface area contributed by atoms with E-state index < -0.39 is 11.6 Å². The van der Waals surface area contributed by atoms with Gasteiger partial charge >= 0.3 is 0 Å². The van der Waals surface area contributed by atoms with E-state index in [0.29, 0.717) is 13.1 Å². The number of aliphatic hydroxyl groups is 1. The molecule has 2 nitrogen and oxygen atoms in total. The Labute approximate surface area is 94.5 Å². The van der Waals surface area contributed by atoms with Crippen molar-refractivity contribution in [3.05, 3.63) is 35.4 Å². The smallest absolute Gasteiger partial charge is 0.130 e. The van der Waals surface area contributed by atoms with Gasteiger partial charge in [-0.3, -0.25) is 4.90 Å². The van der Waals surface area contributed by atoms with Crippen molar-refractivity contribution in [1.82, 2.24) is 4.90 Å². The summed E-state index contributed by atoms with van der Waals surface area (Å²) in [5, 5.41) is 8.87. The standard InChI is InChI=1S/C12H17F2NO/c1-3-15(7-8-16)9(2)12-10(13)5-4-6-11(12)14/h4-6,9,16H,3,7-8H2,1-2H3. The van der Waals surface area contributed by atoms with Gasteiger partial charge in [-0.1, -0.05) is 13.0 Å². The number of hydrogen-bond acceptors (Lipinski definition) is 2. The largest absolute Gasteiger partial charge is 0.395 e. The maximum absolute atomic E-state index is 13.5. The van der Waals surface area contributed by atoms with Crippen LogP contribution in [0.15, 0.2) is 18.2 Å². The molecule has 1 unspecified atom stereocenters. The van der Waals surface area contributed by atoms with Crippen LogP contribution in [0.3, 0.4) is 0 Å². The van der Waals surface area contributed by atoms with E-state index in [-0.39, 0.29) is 18.2 Å². The van der Waals surface area contributed by atoms with Crippen molar-refractivity contribution in [3.63, 3.8) is 0 Å². The van der Waals surface area contributed by atoms with Gasteiger partial charge in [0.15, 0.2) is 0 Å². The molecular weight excluding hydrogens is 212 g/mol. The van der Waals surface area contributed by atoms with Crippen LogP contribution in [0.25, 0.3) is 0 Å². The predicted octanol–water partition coefficient (Wildman–Crippen LogP) is 2.34. The van der Waals surface area contributed by atoms with Gasteiger partial charge < -0.3 is 5.11 Å². The van der Waals surface area contributed by atoms with Gasteiger partial charge in [0.2, 0.25) is 0 Å². The van der Waals surface area contributed by atoms with E-state index in [2.05, 4.69) is 0 Å². The van der Waals surface area contributed by atoms with E-state index in [0.717, 1.165) is 0 Å². The zero-order valence-electron chi connectivity index (χ0n) is 9.58. The summed E-state index contributed by atoms with van der Waals surface area (Å²) in [4.78, 5) is 1.82. The molecule has 0 aromatic heterocycles. The molecule has 16 heavy (non-hydrogen) atoms. The summed E-state index contributed by atoms with van der Waals surface area (Å²) in [6, 6.07) is 3.48. The van der Waals surface area contributed by atoms with Crippen LogP contribution in [0.5, 0.6) is 0 Å². The van der Waals surface area contributed by atoms with Crippen molar-refractivity contribution in [2.45, 2.75) is 19.9 Å². The van der Waals surface area contributed by atoms with Crippen molar-refractivity contribution < 1.29 is 13.9 Å². The van der Waals surface area contributed by atoms with Gasteiger partial charge in [0.1, 0.15) is 11.6 Å². The fourth-order valence-electron chi connectivity index (χ4n) is 1.85. The van der Waals surface area contributed by atoms with Gasteiger partial charge in [0, 0.05) is 18.2 Å². The molecule has 1 atom stereocenters. The second kappa shape index (κ2) is 5.92. The second-order valence-electron chi connectivity index (χ2n) is 3.66. The summed E-state index contributed by atoms with van der Waals surface area (Å²) in [6.45, 7) is 4.65. The van der Waals surface area contributed by atoms with Crippen LogP contribution in [0.1, 0.15) is 25.5 Å². The number of halogens is 2. The van der Waals surface area contributed by atoms with Crippen molar-refractivity contribution in [3.8, 4) is 0 Å². The van der Waals surface area contributed by atoms with Crippen LogP contribution in [0.4, 0.5) is 8.78 Å². The molecule has 4 heteroatoms. The molecule has 0 aliphatic carbocycles. The Morgan fingerprint density at radius 2 is 1.88 bits per heavy atom. The molecule has 1 rings (SSSR count). The number of rotatable bonds is 5. The fraction of sp³-hybridized carbons (Fsp3) is 0.500. The van der Waals surface area contributed by atoms with Gasteiger partial charge in [-0.05, 0) is 25.6 Å². The fourth-order valence-corrected chi connectivity index (χ4v) is 1.85. The molecule has 0 saturated heterocycles. The minimum Gasteiger partial charge on any atom is -0.395 e. The zero-order chi connectivity index (χ0) is 12.1. The van der Waals surface area contributed by atoms with Crippen LogP contribution in [0, 0.1) is 11.6 Å². The Balaban J connectivity index is 2.98. The summed E-state index contributed by atoms with van der Waals surface area (Å²) < 4.78 is 27.0. The van der Waals surface area contributed by atoms with Crippen LogP contribution in [-0.4, -0.2) is 29.7 Å². The molecule has 0 aliphatic heterocycles. The number of hydrogen-bond donors (Lipinski definition) is 1. The van der Waals surface area contributed by atoms with E-state index in [1.54, 1.807) is 6.92 Å². The van der Waals surface area contributed by atoms with Crippen molar-refractivity contribution in [2.75, 3.05) is 19.7 Å². The third-order valence-electron chi connectivity index (χ3n) is 2.76. The molecule has 0 bridgehead atoms. The lowest BCUT2D eigenvalue weighted by atomic mass is 10.1. The number of benzene rings is 1. The monoisotopic (exact) mass is 229 g/mol. The Hall–Kier alpha value is -1.00. The predicted molar refractivity (Wildman–Crippen MR) is 59.1 cm³/mol. The average molecular weight is 229 g/mol. The summed E-state index contributed by atoms with van der Waals surface area (Å²) in [5.74, 6) is -1.08. The molecule has 0 saturated carbocycles. The summed E-state index contributed by atoms with van der Waals surface area (Å²) >= 11 is 0.